The molecule has 0 bridgehead atoms. The molecule has 1 aromatic heterocycles. The standard InChI is InChI=1S/C14H21N3O2/c1-3-13(18)12-4-5-16(10-12)11-14(19)17-8-6-15(2)7-9-17/h4-5,10H,3,6-9,11H2,1-2H3. The van der Waals surface area contributed by atoms with Gasteiger partial charge >= 0.3 is 0 Å². The summed E-state index contributed by atoms with van der Waals surface area (Å²) >= 11 is 0. The number of amides is 1. The summed E-state index contributed by atoms with van der Waals surface area (Å²) < 4.78 is 1.80. The average Bonchev–Trinajstić information content (AvgIpc) is 2.87. The van der Waals surface area contributed by atoms with Crippen molar-refractivity contribution in [2.75, 3.05) is 33.2 Å². The minimum atomic E-state index is 0.116. The highest BCUT2D eigenvalue weighted by atomic mass is 16.2. The molecule has 1 saturated heterocycles. The Bertz CT molecular complexity index is 459. The Labute approximate surface area is 113 Å². The van der Waals surface area contributed by atoms with E-state index in [9.17, 15) is 9.59 Å². The Morgan fingerprint density at radius 1 is 1.21 bits per heavy atom. The van der Waals surface area contributed by atoms with Crippen LogP contribution in [0.15, 0.2) is 18.5 Å². The zero-order valence-corrected chi connectivity index (χ0v) is 11.6. The molecule has 0 saturated carbocycles. The lowest BCUT2D eigenvalue weighted by Crippen LogP contribution is -2.48. The molecule has 0 unspecified atom stereocenters. The number of rotatable bonds is 4. The van der Waals surface area contributed by atoms with Gasteiger partial charge < -0.3 is 14.4 Å². The van der Waals surface area contributed by atoms with E-state index >= 15 is 0 Å². The molecule has 1 aliphatic rings. The molecule has 1 amide bonds. The van der Waals surface area contributed by atoms with Gasteiger partial charge in [0.15, 0.2) is 5.78 Å². The zero-order valence-electron chi connectivity index (χ0n) is 11.6. The van der Waals surface area contributed by atoms with Crippen LogP contribution in [0.1, 0.15) is 23.7 Å². The first kappa shape index (κ1) is 13.8. The first-order chi connectivity index (χ1) is 9.10. The number of carbonyl (C=O) groups is 2. The van der Waals surface area contributed by atoms with Gasteiger partial charge in [0, 0.05) is 50.6 Å². The van der Waals surface area contributed by atoms with Gasteiger partial charge in [-0.3, -0.25) is 9.59 Å². The lowest BCUT2D eigenvalue weighted by Gasteiger charge is -2.32. The summed E-state index contributed by atoms with van der Waals surface area (Å²) in [6.07, 6.45) is 4.06. The van der Waals surface area contributed by atoms with Crippen molar-refractivity contribution in [3.8, 4) is 0 Å². The third kappa shape index (κ3) is 3.44. The zero-order chi connectivity index (χ0) is 13.8. The molecule has 0 N–H and O–H groups in total. The Morgan fingerprint density at radius 2 is 1.89 bits per heavy atom. The van der Waals surface area contributed by atoms with E-state index in [2.05, 4.69) is 11.9 Å². The monoisotopic (exact) mass is 263 g/mol. The lowest BCUT2D eigenvalue weighted by atomic mass is 10.2. The van der Waals surface area contributed by atoms with Crippen molar-refractivity contribution < 1.29 is 9.59 Å². The molecule has 1 aliphatic heterocycles. The van der Waals surface area contributed by atoms with Crippen LogP contribution in [0.3, 0.4) is 0 Å². The van der Waals surface area contributed by atoms with Gasteiger partial charge in [-0.05, 0) is 13.1 Å². The van der Waals surface area contributed by atoms with E-state index in [1.807, 2.05) is 11.8 Å². The van der Waals surface area contributed by atoms with Crippen LogP contribution in [-0.2, 0) is 11.3 Å². The molecule has 0 radical (unpaired) electrons. The van der Waals surface area contributed by atoms with Crippen molar-refractivity contribution in [2.45, 2.75) is 19.9 Å². The van der Waals surface area contributed by atoms with Gasteiger partial charge in [0.25, 0.3) is 0 Å². The van der Waals surface area contributed by atoms with Gasteiger partial charge in [0.2, 0.25) is 5.91 Å². The number of nitrogens with zero attached hydrogens (tertiary/aromatic N) is 3. The highest BCUT2D eigenvalue weighted by Crippen LogP contribution is 2.06. The topological polar surface area (TPSA) is 45.6 Å². The molecule has 5 heteroatoms. The Hall–Kier alpha value is -1.62. The molecule has 0 atom stereocenters. The van der Waals surface area contributed by atoms with Gasteiger partial charge in [0.1, 0.15) is 6.54 Å². The number of piperazine rings is 1. The summed E-state index contributed by atoms with van der Waals surface area (Å²) in [6, 6.07) is 1.78. The van der Waals surface area contributed by atoms with Gasteiger partial charge in [-0.25, -0.2) is 0 Å². The van der Waals surface area contributed by atoms with Crippen LogP contribution in [0, 0.1) is 0 Å². The fourth-order valence-corrected chi connectivity index (χ4v) is 2.22. The number of hydrogen-bond acceptors (Lipinski definition) is 3. The summed E-state index contributed by atoms with van der Waals surface area (Å²) in [5, 5.41) is 0. The molecular formula is C14H21N3O2. The van der Waals surface area contributed by atoms with E-state index in [4.69, 9.17) is 0 Å². The quantitative estimate of drug-likeness (QED) is 0.757. The first-order valence-corrected chi connectivity index (χ1v) is 6.75. The van der Waals surface area contributed by atoms with Gasteiger partial charge in [0.05, 0.1) is 0 Å². The molecule has 19 heavy (non-hydrogen) atoms. The van der Waals surface area contributed by atoms with Crippen molar-refractivity contribution in [3.05, 3.63) is 24.0 Å². The van der Waals surface area contributed by atoms with Crippen molar-refractivity contribution in [3.63, 3.8) is 0 Å². The van der Waals surface area contributed by atoms with Crippen molar-refractivity contribution in [1.82, 2.24) is 14.4 Å². The van der Waals surface area contributed by atoms with Gasteiger partial charge in [-0.15, -0.1) is 0 Å². The molecular weight excluding hydrogens is 242 g/mol. The molecule has 1 fully saturated rings. The van der Waals surface area contributed by atoms with E-state index in [0.717, 1.165) is 26.2 Å². The number of Topliss-reactive ketones (excluding diaryl/α,β-unsaturated/α-hetero) is 1. The molecule has 0 aliphatic carbocycles. The highest BCUT2D eigenvalue weighted by Gasteiger charge is 2.19. The van der Waals surface area contributed by atoms with Crippen LogP contribution in [0.5, 0.6) is 0 Å². The van der Waals surface area contributed by atoms with Crippen molar-refractivity contribution >= 4 is 11.7 Å². The second kappa shape index (κ2) is 6.02. The lowest BCUT2D eigenvalue weighted by molar-refractivity contribution is -0.133. The molecule has 2 rings (SSSR count). The molecule has 2 heterocycles. The van der Waals surface area contributed by atoms with E-state index in [1.165, 1.54) is 0 Å². The van der Waals surface area contributed by atoms with Crippen LogP contribution in [0.4, 0.5) is 0 Å². The minimum Gasteiger partial charge on any atom is -0.344 e. The van der Waals surface area contributed by atoms with E-state index < -0.39 is 0 Å². The predicted molar refractivity (Wildman–Crippen MR) is 73.1 cm³/mol. The van der Waals surface area contributed by atoms with Crippen molar-refractivity contribution in [1.29, 1.82) is 0 Å². The smallest absolute Gasteiger partial charge is 0.242 e. The summed E-state index contributed by atoms with van der Waals surface area (Å²) in [5.74, 6) is 0.241. The predicted octanol–water partition coefficient (Wildman–Crippen LogP) is 0.855. The average molecular weight is 263 g/mol. The number of carbonyl (C=O) groups excluding carboxylic acids is 2. The summed E-state index contributed by atoms with van der Waals surface area (Å²) in [4.78, 5) is 27.8. The summed E-state index contributed by atoms with van der Waals surface area (Å²) in [7, 11) is 2.07. The van der Waals surface area contributed by atoms with Crippen LogP contribution in [-0.4, -0.2) is 59.3 Å². The Morgan fingerprint density at radius 3 is 2.53 bits per heavy atom. The van der Waals surface area contributed by atoms with Crippen molar-refractivity contribution in [2.24, 2.45) is 0 Å². The molecule has 0 aromatic carbocycles. The maximum atomic E-state index is 12.1. The fourth-order valence-electron chi connectivity index (χ4n) is 2.22. The largest absolute Gasteiger partial charge is 0.344 e. The Balaban J connectivity index is 1.92. The minimum absolute atomic E-state index is 0.116. The number of aromatic nitrogens is 1. The third-order valence-corrected chi connectivity index (χ3v) is 3.57. The van der Waals surface area contributed by atoms with E-state index in [-0.39, 0.29) is 11.7 Å². The SMILES string of the molecule is CCC(=O)c1ccn(CC(=O)N2CCN(C)CC2)c1. The van der Waals surface area contributed by atoms with E-state index in [0.29, 0.717) is 18.5 Å². The normalized spacial score (nSPS) is 16.6. The van der Waals surface area contributed by atoms with Crippen LogP contribution < -0.4 is 0 Å². The molecule has 5 nitrogen and oxygen atoms in total. The van der Waals surface area contributed by atoms with Crippen LogP contribution in [0.25, 0.3) is 0 Å². The maximum Gasteiger partial charge on any atom is 0.242 e. The first-order valence-electron chi connectivity index (χ1n) is 6.75. The summed E-state index contributed by atoms with van der Waals surface area (Å²) in [5.41, 5.74) is 0.689. The number of likely N-dealkylation sites (N-methyl/N-ethyl adjacent to an activating group) is 1. The molecule has 1 aromatic rings. The maximum absolute atomic E-state index is 12.1. The number of ketones is 1. The fraction of sp³-hybridized carbons (Fsp3) is 0.571. The highest BCUT2D eigenvalue weighted by molar-refractivity contribution is 5.95. The Kier molecular flexibility index (Phi) is 4.37. The van der Waals surface area contributed by atoms with E-state index in [1.54, 1.807) is 23.0 Å². The number of hydrogen-bond donors (Lipinski definition) is 0. The third-order valence-electron chi connectivity index (χ3n) is 3.57. The van der Waals surface area contributed by atoms with Gasteiger partial charge in [-0.2, -0.15) is 0 Å². The van der Waals surface area contributed by atoms with Crippen LogP contribution >= 0.6 is 0 Å². The molecule has 0 spiro atoms. The summed E-state index contributed by atoms with van der Waals surface area (Å²) in [6.45, 7) is 5.60. The second-order valence-electron chi connectivity index (χ2n) is 5.03. The van der Waals surface area contributed by atoms with Crippen LogP contribution in [0.2, 0.25) is 0 Å². The van der Waals surface area contributed by atoms with Gasteiger partial charge in [-0.1, -0.05) is 6.92 Å². The second-order valence-corrected chi connectivity index (χ2v) is 5.03. The molecule has 104 valence electrons.